The number of carbonyl (C=O) groups excluding carboxylic acids is 1. The maximum Gasteiger partial charge on any atom is 0.408 e. The van der Waals surface area contributed by atoms with E-state index < -0.39 is 23.6 Å². The van der Waals surface area contributed by atoms with Crippen LogP contribution in [-0.2, 0) is 16.9 Å². The van der Waals surface area contributed by atoms with Gasteiger partial charge < -0.3 is 15.2 Å². The van der Waals surface area contributed by atoms with E-state index in [4.69, 9.17) is 4.74 Å². The fraction of sp³-hybridized carbons (Fsp3) is 0.115. The molecule has 7 heteroatoms. The molecule has 0 fully saturated rings. The molecule has 2 aromatic carbocycles. The standard InChI is InChI=1S/C26H22FN3O3/c27-23-12-10-20(11-13-23)24(30-25(31)33-18-19-6-2-1-3-7-19)26(32,21-8-4-14-28-16-21)22-9-5-15-29-17-22/h1-17,24,32H,18H2,(H,30,31)/t24-/m1/s1. The van der Waals surface area contributed by atoms with Gasteiger partial charge in [-0.2, -0.15) is 0 Å². The van der Waals surface area contributed by atoms with Gasteiger partial charge in [0.25, 0.3) is 0 Å². The highest BCUT2D eigenvalue weighted by Crippen LogP contribution is 2.40. The van der Waals surface area contributed by atoms with Crippen molar-refractivity contribution in [2.45, 2.75) is 18.2 Å². The third-order valence-electron chi connectivity index (χ3n) is 5.30. The third-order valence-corrected chi connectivity index (χ3v) is 5.30. The summed E-state index contributed by atoms with van der Waals surface area (Å²) in [5.41, 5.74) is 0.377. The van der Waals surface area contributed by atoms with Crippen LogP contribution in [0.1, 0.15) is 28.3 Å². The number of hydrogen-bond acceptors (Lipinski definition) is 5. The van der Waals surface area contributed by atoms with E-state index in [2.05, 4.69) is 15.3 Å². The molecule has 166 valence electrons. The number of aromatic nitrogens is 2. The molecule has 4 aromatic rings. The van der Waals surface area contributed by atoms with Gasteiger partial charge in [0.05, 0.1) is 6.04 Å². The Labute approximate surface area is 190 Å². The Morgan fingerprint density at radius 3 is 2.06 bits per heavy atom. The van der Waals surface area contributed by atoms with E-state index in [9.17, 15) is 14.3 Å². The first-order valence-corrected chi connectivity index (χ1v) is 10.3. The average Bonchev–Trinajstić information content (AvgIpc) is 2.88. The lowest BCUT2D eigenvalue weighted by Crippen LogP contribution is -2.45. The number of alkyl carbamates (subject to hydrolysis) is 1. The summed E-state index contributed by atoms with van der Waals surface area (Å²) < 4.78 is 19.1. The molecule has 0 saturated carbocycles. The summed E-state index contributed by atoms with van der Waals surface area (Å²) in [4.78, 5) is 21.1. The number of halogens is 1. The molecule has 2 aromatic heterocycles. The van der Waals surface area contributed by atoms with Crippen LogP contribution in [0.4, 0.5) is 9.18 Å². The minimum Gasteiger partial charge on any atom is -0.445 e. The van der Waals surface area contributed by atoms with Crippen LogP contribution in [0, 0.1) is 5.82 Å². The van der Waals surface area contributed by atoms with Crippen molar-refractivity contribution in [3.63, 3.8) is 0 Å². The predicted octanol–water partition coefficient (Wildman–Crippen LogP) is 4.52. The molecule has 0 aliphatic heterocycles. The molecule has 4 rings (SSSR count). The predicted molar refractivity (Wildman–Crippen MR) is 120 cm³/mol. The van der Waals surface area contributed by atoms with Crippen molar-refractivity contribution in [1.82, 2.24) is 15.3 Å². The lowest BCUT2D eigenvalue weighted by molar-refractivity contribution is 0.0318. The second kappa shape index (κ2) is 10.0. The number of amides is 1. The minimum absolute atomic E-state index is 0.0566. The zero-order chi connectivity index (χ0) is 23.1. The van der Waals surface area contributed by atoms with E-state index in [-0.39, 0.29) is 6.61 Å². The number of ether oxygens (including phenoxy) is 1. The molecule has 0 radical (unpaired) electrons. The molecule has 1 atom stereocenters. The zero-order valence-electron chi connectivity index (χ0n) is 17.6. The number of nitrogens with one attached hydrogen (secondary N) is 1. The number of benzene rings is 2. The van der Waals surface area contributed by atoms with E-state index in [1.54, 1.807) is 36.7 Å². The summed E-state index contributed by atoms with van der Waals surface area (Å²) in [6, 6.07) is 20.6. The highest BCUT2D eigenvalue weighted by atomic mass is 19.1. The average molecular weight is 443 g/mol. The van der Waals surface area contributed by atoms with Crippen molar-refractivity contribution in [2.75, 3.05) is 0 Å². The molecule has 0 unspecified atom stereocenters. The quantitative estimate of drug-likeness (QED) is 0.439. The van der Waals surface area contributed by atoms with Crippen LogP contribution in [-0.4, -0.2) is 21.2 Å². The van der Waals surface area contributed by atoms with E-state index >= 15 is 0 Å². The number of rotatable bonds is 7. The van der Waals surface area contributed by atoms with Gasteiger partial charge in [-0.15, -0.1) is 0 Å². The summed E-state index contributed by atoms with van der Waals surface area (Å²) >= 11 is 0. The van der Waals surface area contributed by atoms with Gasteiger partial charge >= 0.3 is 6.09 Å². The van der Waals surface area contributed by atoms with E-state index in [0.29, 0.717) is 16.7 Å². The Morgan fingerprint density at radius 2 is 1.52 bits per heavy atom. The van der Waals surface area contributed by atoms with Gasteiger partial charge in [0.1, 0.15) is 18.0 Å². The van der Waals surface area contributed by atoms with Crippen LogP contribution < -0.4 is 5.32 Å². The number of aliphatic hydroxyl groups is 1. The number of nitrogens with zero attached hydrogens (tertiary/aromatic N) is 2. The van der Waals surface area contributed by atoms with Gasteiger partial charge in [0.15, 0.2) is 0 Å². The smallest absolute Gasteiger partial charge is 0.408 e. The zero-order valence-corrected chi connectivity index (χ0v) is 17.6. The topological polar surface area (TPSA) is 84.3 Å². The van der Waals surface area contributed by atoms with Crippen molar-refractivity contribution < 1.29 is 19.0 Å². The summed E-state index contributed by atoms with van der Waals surface area (Å²) in [5, 5.41) is 14.9. The molecular formula is C26H22FN3O3. The molecule has 33 heavy (non-hydrogen) atoms. The first kappa shape index (κ1) is 22.1. The number of hydrogen-bond donors (Lipinski definition) is 2. The molecule has 1 amide bonds. The fourth-order valence-electron chi connectivity index (χ4n) is 3.64. The SMILES string of the molecule is O=C(N[C@H](c1ccc(F)cc1)C(O)(c1cccnc1)c1cccnc1)OCc1ccccc1. The molecule has 0 aliphatic carbocycles. The Bertz CT molecular complexity index is 1130. The normalized spacial score (nSPS) is 12.1. The fourth-order valence-corrected chi connectivity index (χ4v) is 3.64. The molecule has 0 saturated heterocycles. The van der Waals surface area contributed by atoms with Crippen LogP contribution >= 0.6 is 0 Å². The first-order chi connectivity index (χ1) is 16.1. The minimum atomic E-state index is -1.77. The monoisotopic (exact) mass is 443 g/mol. The lowest BCUT2D eigenvalue weighted by Gasteiger charge is -2.37. The third kappa shape index (κ3) is 5.05. The summed E-state index contributed by atoms with van der Waals surface area (Å²) in [6.45, 7) is 0.0566. The Hall–Kier alpha value is -4.10. The molecule has 0 bridgehead atoms. The summed E-state index contributed by atoms with van der Waals surface area (Å²) in [7, 11) is 0. The summed E-state index contributed by atoms with van der Waals surface area (Å²) in [5.74, 6) is -0.435. The van der Waals surface area contributed by atoms with Crippen LogP contribution in [0.15, 0.2) is 104 Å². The van der Waals surface area contributed by atoms with Crippen LogP contribution in [0.5, 0.6) is 0 Å². The van der Waals surface area contributed by atoms with Crippen LogP contribution in [0.2, 0.25) is 0 Å². The van der Waals surface area contributed by atoms with Gasteiger partial charge in [-0.3, -0.25) is 9.97 Å². The largest absolute Gasteiger partial charge is 0.445 e. The van der Waals surface area contributed by atoms with Crippen molar-refractivity contribution >= 4 is 6.09 Å². The van der Waals surface area contributed by atoms with Crippen molar-refractivity contribution in [2.24, 2.45) is 0 Å². The number of pyridine rings is 2. The van der Waals surface area contributed by atoms with Crippen molar-refractivity contribution in [1.29, 1.82) is 0 Å². The Balaban J connectivity index is 1.73. The van der Waals surface area contributed by atoms with Crippen molar-refractivity contribution in [3.05, 3.63) is 132 Å². The van der Waals surface area contributed by atoms with Crippen molar-refractivity contribution in [3.8, 4) is 0 Å². The van der Waals surface area contributed by atoms with E-state index in [1.807, 2.05) is 30.3 Å². The second-order valence-electron chi connectivity index (χ2n) is 7.44. The molecule has 0 spiro atoms. The van der Waals surface area contributed by atoms with Gasteiger partial charge in [0.2, 0.25) is 0 Å². The highest BCUT2D eigenvalue weighted by Gasteiger charge is 2.43. The van der Waals surface area contributed by atoms with Crippen LogP contribution in [0.3, 0.4) is 0 Å². The van der Waals surface area contributed by atoms with Gasteiger partial charge in [-0.1, -0.05) is 54.6 Å². The second-order valence-corrected chi connectivity index (χ2v) is 7.44. The first-order valence-electron chi connectivity index (χ1n) is 10.3. The highest BCUT2D eigenvalue weighted by molar-refractivity contribution is 5.68. The lowest BCUT2D eigenvalue weighted by atomic mass is 9.78. The molecule has 2 N–H and O–H groups in total. The number of carbonyl (C=O) groups is 1. The summed E-state index contributed by atoms with van der Waals surface area (Å²) in [6.07, 6.45) is 5.46. The maximum atomic E-state index is 13.7. The molecular weight excluding hydrogens is 421 g/mol. The Kier molecular flexibility index (Phi) is 6.71. The van der Waals surface area contributed by atoms with E-state index in [1.165, 1.54) is 36.7 Å². The van der Waals surface area contributed by atoms with Crippen LogP contribution in [0.25, 0.3) is 0 Å². The van der Waals surface area contributed by atoms with E-state index in [0.717, 1.165) is 5.56 Å². The maximum absolute atomic E-state index is 13.7. The molecule has 0 aliphatic rings. The van der Waals surface area contributed by atoms with Gasteiger partial charge in [0, 0.05) is 35.9 Å². The molecule has 2 heterocycles. The Morgan fingerprint density at radius 1 is 0.909 bits per heavy atom. The molecule has 6 nitrogen and oxygen atoms in total. The van der Waals surface area contributed by atoms with Gasteiger partial charge in [-0.25, -0.2) is 9.18 Å². The van der Waals surface area contributed by atoms with Gasteiger partial charge in [-0.05, 0) is 35.4 Å².